The molecule has 0 rings (SSSR count). The Kier molecular flexibility index (Phi) is 35.3. The zero-order valence-corrected chi connectivity index (χ0v) is 30.5. The fourth-order valence-corrected chi connectivity index (χ4v) is 5.79. The largest absolute Gasteiger partial charge is 0.394 e. The van der Waals surface area contributed by atoms with Crippen LogP contribution in [0.4, 0.5) is 0 Å². The molecular weight excluding hydrogens is 570 g/mol. The lowest BCUT2D eigenvalue weighted by Crippen LogP contribution is -2.48. The Morgan fingerprint density at radius 2 is 0.891 bits per heavy atom. The molecule has 0 aromatic heterocycles. The van der Waals surface area contributed by atoms with E-state index in [1.807, 2.05) is 12.2 Å². The van der Waals surface area contributed by atoms with Crippen LogP contribution in [0.15, 0.2) is 36.5 Å². The highest BCUT2D eigenvalue weighted by molar-refractivity contribution is 5.80. The van der Waals surface area contributed by atoms with E-state index in [9.17, 15) is 20.1 Å². The van der Waals surface area contributed by atoms with Gasteiger partial charge in [-0.3, -0.25) is 4.79 Å². The fraction of sp³-hybridized carbons (Fsp3) is 0.829. The molecule has 270 valence electrons. The van der Waals surface area contributed by atoms with Crippen LogP contribution in [0, 0.1) is 0 Å². The molecule has 3 atom stereocenters. The Morgan fingerprint density at radius 3 is 1.35 bits per heavy atom. The SMILES string of the molecule is CCCCCC/C=C\CCC(O)C(=O)NC(CO)C(O)/C=C/CC/C=C/CCCCCCCCCCCCCCCCCCCC. The molecule has 4 N–H and O–H groups in total. The Labute approximate surface area is 285 Å². The molecule has 3 unspecified atom stereocenters. The molecule has 0 fully saturated rings. The summed E-state index contributed by atoms with van der Waals surface area (Å²) in [4.78, 5) is 12.3. The van der Waals surface area contributed by atoms with Gasteiger partial charge in [-0.2, -0.15) is 0 Å². The molecule has 0 radical (unpaired) electrons. The van der Waals surface area contributed by atoms with Crippen molar-refractivity contribution in [1.82, 2.24) is 5.32 Å². The minimum Gasteiger partial charge on any atom is -0.394 e. The van der Waals surface area contributed by atoms with E-state index in [2.05, 4.69) is 37.4 Å². The van der Waals surface area contributed by atoms with Crippen molar-refractivity contribution >= 4 is 5.91 Å². The van der Waals surface area contributed by atoms with Crippen LogP contribution >= 0.6 is 0 Å². The highest BCUT2D eigenvalue weighted by Crippen LogP contribution is 2.15. The monoisotopic (exact) mass is 648 g/mol. The number of carbonyl (C=O) groups is 1. The molecule has 0 aromatic rings. The maximum atomic E-state index is 12.3. The predicted molar refractivity (Wildman–Crippen MR) is 199 cm³/mol. The van der Waals surface area contributed by atoms with Crippen LogP contribution in [-0.4, -0.2) is 46.1 Å². The third kappa shape index (κ3) is 31.2. The maximum absolute atomic E-state index is 12.3. The number of aliphatic hydroxyl groups excluding tert-OH is 3. The quantitative estimate of drug-likeness (QED) is 0.0407. The molecule has 1 amide bonds. The van der Waals surface area contributed by atoms with Crippen LogP contribution < -0.4 is 5.32 Å². The standard InChI is InChI=1S/C41H77NO4/c1-3-5-7-9-11-13-14-15-16-17-18-19-20-21-22-23-24-25-26-27-28-30-31-33-35-39(44)38(37-43)42-41(46)40(45)36-34-32-29-12-10-8-6-4-2/h27-29,32-33,35,38-40,43-45H,3-26,30-31,34,36-37H2,1-2H3,(H,42,46)/b28-27+,32-29-,35-33+. The summed E-state index contributed by atoms with van der Waals surface area (Å²) in [6.07, 6.45) is 44.9. The van der Waals surface area contributed by atoms with Crippen LogP contribution in [0.2, 0.25) is 0 Å². The van der Waals surface area contributed by atoms with Gasteiger partial charge in [0, 0.05) is 0 Å². The van der Waals surface area contributed by atoms with Gasteiger partial charge in [-0.25, -0.2) is 0 Å². The Hall–Kier alpha value is -1.43. The van der Waals surface area contributed by atoms with Crippen LogP contribution in [0.25, 0.3) is 0 Å². The summed E-state index contributed by atoms with van der Waals surface area (Å²) in [5.74, 6) is -0.551. The van der Waals surface area contributed by atoms with Crippen molar-refractivity contribution in [2.45, 2.75) is 212 Å². The van der Waals surface area contributed by atoms with Crippen molar-refractivity contribution in [2.24, 2.45) is 0 Å². The van der Waals surface area contributed by atoms with E-state index in [1.165, 1.54) is 141 Å². The lowest BCUT2D eigenvalue weighted by atomic mass is 10.0. The second kappa shape index (κ2) is 36.4. The number of allylic oxidation sites excluding steroid dienone is 5. The first-order valence-corrected chi connectivity index (χ1v) is 19.8. The molecular formula is C41H77NO4. The van der Waals surface area contributed by atoms with Gasteiger partial charge in [-0.05, 0) is 51.4 Å². The Balaban J connectivity index is 3.68. The number of hydrogen-bond acceptors (Lipinski definition) is 4. The second-order valence-corrected chi connectivity index (χ2v) is 13.5. The normalized spacial score (nSPS) is 14.1. The van der Waals surface area contributed by atoms with Gasteiger partial charge >= 0.3 is 0 Å². The average molecular weight is 648 g/mol. The molecule has 5 nitrogen and oxygen atoms in total. The summed E-state index contributed by atoms with van der Waals surface area (Å²) in [6.45, 7) is 4.09. The first kappa shape index (κ1) is 44.6. The third-order valence-electron chi connectivity index (χ3n) is 8.96. The highest BCUT2D eigenvalue weighted by atomic mass is 16.3. The van der Waals surface area contributed by atoms with Crippen molar-refractivity contribution in [3.8, 4) is 0 Å². The highest BCUT2D eigenvalue weighted by Gasteiger charge is 2.22. The van der Waals surface area contributed by atoms with Crippen LogP contribution in [-0.2, 0) is 4.79 Å². The number of hydrogen-bond donors (Lipinski definition) is 4. The zero-order valence-electron chi connectivity index (χ0n) is 30.5. The summed E-state index contributed by atoms with van der Waals surface area (Å²) in [5.41, 5.74) is 0. The van der Waals surface area contributed by atoms with Gasteiger partial charge in [0.1, 0.15) is 6.10 Å². The number of rotatable bonds is 35. The second-order valence-electron chi connectivity index (χ2n) is 13.5. The number of aliphatic hydroxyl groups is 3. The van der Waals surface area contributed by atoms with Crippen LogP contribution in [0.3, 0.4) is 0 Å². The molecule has 0 aliphatic rings. The molecule has 0 heterocycles. The topological polar surface area (TPSA) is 89.8 Å². The molecule has 0 saturated carbocycles. The molecule has 0 saturated heterocycles. The van der Waals surface area contributed by atoms with E-state index in [-0.39, 0.29) is 6.61 Å². The van der Waals surface area contributed by atoms with Gasteiger partial charge in [0.05, 0.1) is 18.8 Å². The van der Waals surface area contributed by atoms with Gasteiger partial charge < -0.3 is 20.6 Å². The van der Waals surface area contributed by atoms with E-state index < -0.39 is 24.2 Å². The first-order chi connectivity index (χ1) is 22.6. The number of amides is 1. The van der Waals surface area contributed by atoms with Crippen LogP contribution in [0.1, 0.15) is 194 Å². The molecule has 0 aliphatic heterocycles. The van der Waals surface area contributed by atoms with Crippen molar-refractivity contribution in [3.63, 3.8) is 0 Å². The zero-order chi connectivity index (χ0) is 33.8. The number of nitrogens with one attached hydrogen (secondary N) is 1. The first-order valence-electron chi connectivity index (χ1n) is 19.8. The minimum atomic E-state index is -1.15. The predicted octanol–water partition coefficient (Wildman–Crippen LogP) is 10.8. The number of carbonyl (C=O) groups excluding carboxylic acids is 1. The van der Waals surface area contributed by atoms with Crippen molar-refractivity contribution in [3.05, 3.63) is 36.5 Å². The molecule has 5 heteroatoms. The Morgan fingerprint density at radius 1 is 0.522 bits per heavy atom. The van der Waals surface area contributed by atoms with Gasteiger partial charge in [0.2, 0.25) is 5.91 Å². The van der Waals surface area contributed by atoms with Gasteiger partial charge in [0.15, 0.2) is 0 Å². The third-order valence-corrected chi connectivity index (χ3v) is 8.96. The van der Waals surface area contributed by atoms with Gasteiger partial charge in [0.25, 0.3) is 0 Å². The molecule has 0 aromatic carbocycles. The van der Waals surface area contributed by atoms with E-state index in [0.29, 0.717) is 12.8 Å². The molecule has 46 heavy (non-hydrogen) atoms. The maximum Gasteiger partial charge on any atom is 0.249 e. The van der Waals surface area contributed by atoms with Crippen LogP contribution in [0.5, 0.6) is 0 Å². The van der Waals surface area contributed by atoms with E-state index >= 15 is 0 Å². The van der Waals surface area contributed by atoms with E-state index in [4.69, 9.17) is 0 Å². The van der Waals surface area contributed by atoms with E-state index in [1.54, 1.807) is 6.08 Å². The molecule has 0 aliphatic carbocycles. The number of unbranched alkanes of at least 4 members (excludes halogenated alkanes) is 23. The minimum absolute atomic E-state index is 0.327. The van der Waals surface area contributed by atoms with Crippen molar-refractivity contribution in [1.29, 1.82) is 0 Å². The molecule has 0 bridgehead atoms. The Bertz CT molecular complexity index is 719. The summed E-state index contributed by atoms with van der Waals surface area (Å²) in [7, 11) is 0. The van der Waals surface area contributed by atoms with E-state index in [0.717, 1.165) is 25.7 Å². The summed E-state index contributed by atoms with van der Waals surface area (Å²) >= 11 is 0. The lowest BCUT2D eigenvalue weighted by Gasteiger charge is -2.21. The smallest absolute Gasteiger partial charge is 0.249 e. The van der Waals surface area contributed by atoms with Crippen molar-refractivity contribution in [2.75, 3.05) is 6.61 Å². The lowest BCUT2D eigenvalue weighted by molar-refractivity contribution is -0.131. The van der Waals surface area contributed by atoms with Gasteiger partial charge in [-0.15, -0.1) is 0 Å². The van der Waals surface area contributed by atoms with Gasteiger partial charge in [-0.1, -0.05) is 179 Å². The summed E-state index contributed by atoms with van der Waals surface area (Å²) in [5, 5.41) is 32.7. The van der Waals surface area contributed by atoms with Crippen molar-refractivity contribution < 1.29 is 20.1 Å². The molecule has 0 spiro atoms. The fourth-order valence-electron chi connectivity index (χ4n) is 5.79. The summed E-state index contributed by atoms with van der Waals surface area (Å²) in [6, 6.07) is -0.826. The summed E-state index contributed by atoms with van der Waals surface area (Å²) < 4.78 is 0. The average Bonchev–Trinajstić information content (AvgIpc) is 3.06.